The normalized spacial score (nSPS) is 11.2. The molecule has 3 heterocycles. The number of carbonyl (C=O) groups excluding carboxylic acids is 1. The summed E-state index contributed by atoms with van der Waals surface area (Å²) in [4.78, 5) is 17.4. The van der Waals surface area contributed by atoms with Crippen molar-refractivity contribution >= 4 is 22.2 Å². The molecule has 3 rings (SSSR count). The number of amides is 1. The smallest absolute Gasteiger partial charge is 0.220 e. The Morgan fingerprint density at radius 3 is 3.00 bits per heavy atom. The molecule has 1 N–H and O–H groups in total. The first-order valence-electron chi connectivity index (χ1n) is 7.23. The number of aryl methyl sites for hydroxylation is 2. The van der Waals surface area contributed by atoms with Gasteiger partial charge in [-0.3, -0.25) is 9.20 Å². The van der Waals surface area contributed by atoms with E-state index < -0.39 is 0 Å². The van der Waals surface area contributed by atoms with E-state index in [-0.39, 0.29) is 5.91 Å². The second kappa shape index (κ2) is 6.31. The summed E-state index contributed by atoms with van der Waals surface area (Å²) >= 11 is 1.61. The van der Waals surface area contributed by atoms with E-state index in [1.165, 1.54) is 0 Å². The number of aromatic nitrogens is 3. The van der Waals surface area contributed by atoms with Crippen molar-refractivity contribution in [3.63, 3.8) is 0 Å². The molecule has 0 saturated heterocycles. The average molecular weight is 318 g/mol. The Bertz CT molecular complexity index is 739. The summed E-state index contributed by atoms with van der Waals surface area (Å²) < 4.78 is 7.10. The first-order valence-corrected chi connectivity index (χ1v) is 8.11. The maximum absolute atomic E-state index is 11.9. The van der Waals surface area contributed by atoms with Gasteiger partial charge in [0.15, 0.2) is 4.96 Å². The number of rotatable bonds is 6. The van der Waals surface area contributed by atoms with Crippen LogP contribution in [0.4, 0.5) is 0 Å². The van der Waals surface area contributed by atoms with Crippen molar-refractivity contribution in [1.29, 1.82) is 0 Å². The lowest BCUT2D eigenvalue weighted by atomic mass is 10.1. The molecule has 0 saturated carbocycles. The predicted molar refractivity (Wildman–Crippen MR) is 84.1 cm³/mol. The van der Waals surface area contributed by atoms with Crippen molar-refractivity contribution < 1.29 is 9.32 Å². The summed E-state index contributed by atoms with van der Waals surface area (Å²) in [5.41, 5.74) is 2.89. The van der Waals surface area contributed by atoms with E-state index in [4.69, 9.17) is 4.52 Å². The highest BCUT2D eigenvalue weighted by Gasteiger charge is 2.11. The fraction of sp³-hybridized carbons (Fsp3) is 0.400. The first-order chi connectivity index (χ1) is 10.6. The van der Waals surface area contributed by atoms with Crippen LogP contribution in [-0.2, 0) is 17.6 Å². The Balaban J connectivity index is 1.43. The standard InChI is InChI=1S/C15H18N4O2S/c1-10-13(11(2)21-18-10)3-4-14(20)16-6-5-12-9-19-7-8-22-15(19)17-12/h7-9H,3-6H2,1-2H3,(H,16,20). The lowest BCUT2D eigenvalue weighted by Crippen LogP contribution is -2.26. The average Bonchev–Trinajstić information content (AvgIpc) is 3.13. The molecule has 22 heavy (non-hydrogen) atoms. The minimum atomic E-state index is 0.0426. The van der Waals surface area contributed by atoms with Crippen molar-refractivity contribution in [3.8, 4) is 0 Å². The Hall–Kier alpha value is -2.15. The van der Waals surface area contributed by atoms with Crippen molar-refractivity contribution in [2.75, 3.05) is 6.54 Å². The molecule has 0 radical (unpaired) electrons. The fourth-order valence-electron chi connectivity index (χ4n) is 2.41. The summed E-state index contributed by atoms with van der Waals surface area (Å²) in [6, 6.07) is 0. The molecule has 0 atom stereocenters. The molecule has 3 aromatic heterocycles. The summed E-state index contributed by atoms with van der Waals surface area (Å²) in [5.74, 6) is 0.837. The molecular formula is C15H18N4O2S. The molecule has 0 spiro atoms. The molecule has 1 amide bonds. The van der Waals surface area contributed by atoms with Crippen LogP contribution in [0.5, 0.6) is 0 Å². The van der Waals surface area contributed by atoms with Crippen LogP contribution in [0.15, 0.2) is 22.3 Å². The fourth-order valence-corrected chi connectivity index (χ4v) is 3.13. The Morgan fingerprint density at radius 1 is 1.41 bits per heavy atom. The Morgan fingerprint density at radius 2 is 2.27 bits per heavy atom. The SMILES string of the molecule is Cc1noc(C)c1CCC(=O)NCCc1cn2ccsc2n1. The van der Waals surface area contributed by atoms with Crippen LogP contribution in [0.25, 0.3) is 4.96 Å². The Labute approximate surface area is 132 Å². The largest absolute Gasteiger partial charge is 0.361 e. The highest BCUT2D eigenvalue weighted by atomic mass is 32.1. The van der Waals surface area contributed by atoms with Gasteiger partial charge in [0, 0.05) is 42.7 Å². The van der Waals surface area contributed by atoms with Gasteiger partial charge in [0.05, 0.1) is 11.4 Å². The zero-order chi connectivity index (χ0) is 15.5. The quantitative estimate of drug-likeness (QED) is 0.757. The number of fused-ring (bicyclic) bond motifs is 1. The Kier molecular flexibility index (Phi) is 4.24. The van der Waals surface area contributed by atoms with Gasteiger partial charge in [-0.05, 0) is 20.3 Å². The number of hydrogen-bond donors (Lipinski definition) is 1. The van der Waals surface area contributed by atoms with Gasteiger partial charge in [-0.25, -0.2) is 4.98 Å². The van der Waals surface area contributed by atoms with E-state index in [1.54, 1.807) is 11.3 Å². The number of imidazole rings is 1. The lowest BCUT2D eigenvalue weighted by Gasteiger charge is -2.04. The zero-order valence-corrected chi connectivity index (χ0v) is 13.4. The molecular weight excluding hydrogens is 300 g/mol. The third-order valence-corrected chi connectivity index (χ3v) is 4.40. The minimum absolute atomic E-state index is 0.0426. The van der Waals surface area contributed by atoms with Crippen molar-refractivity contribution in [1.82, 2.24) is 19.9 Å². The summed E-state index contributed by atoms with van der Waals surface area (Å²) in [5, 5.41) is 8.83. The van der Waals surface area contributed by atoms with Gasteiger partial charge in [-0.2, -0.15) is 0 Å². The van der Waals surface area contributed by atoms with Gasteiger partial charge >= 0.3 is 0 Å². The molecule has 0 fully saturated rings. The molecule has 0 aliphatic heterocycles. The van der Waals surface area contributed by atoms with Crippen LogP contribution in [0.3, 0.4) is 0 Å². The molecule has 0 aromatic carbocycles. The predicted octanol–water partition coefficient (Wildman–Crippen LogP) is 2.29. The van der Waals surface area contributed by atoms with Crippen LogP contribution in [0, 0.1) is 13.8 Å². The number of nitrogens with one attached hydrogen (secondary N) is 1. The maximum Gasteiger partial charge on any atom is 0.220 e. The topological polar surface area (TPSA) is 72.4 Å². The van der Waals surface area contributed by atoms with Crippen LogP contribution >= 0.6 is 11.3 Å². The van der Waals surface area contributed by atoms with Crippen LogP contribution in [0.1, 0.15) is 29.1 Å². The number of nitrogens with zero attached hydrogens (tertiary/aromatic N) is 3. The second-order valence-corrected chi connectivity index (χ2v) is 6.10. The third-order valence-electron chi connectivity index (χ3n) is 3.63. The highest BCUT2D eigenvalue weighted by Crippen LogP contribution is 2.14. The molecule has 0 aliphatic carbocycles. The van der Waals surface area contributed by atoms with Crippen LogP contribution < -0.4 is 5.32 Å². The number of carbonyl (C=O) groups is 1. The van der Waals surface area contributed by atoms with Gasteiger partial charge in [0.2, 0.25) is 5.91 Å². The molecule has 0 bridgehead atoms. The third kappa shape index (κ3) is 3.19. The molecule has 7 heteroatoms. The monoisotopic (exact) mass is 318 g/mol. The van der Waals surface area contributed by atoms with E-state index in [0.29, 0.717) is 19.4 Å². The van der Waals surface area contributed by atoms with E-state index in [9.17, 15) is 4.79 Å². The maximum atomic E-state index is 11.9. The zero-order valence-electron chi connectivity index (χ0n) is 12.6. The summed E-state index contributed by atoms with van der Waals surface area (Å²) in [6.45, 7) is 4.37. The molecule has 6 nitrogen and oxygen atoms in total. The minimum Gasteiger partial charge on any atom is -0.361 e. The van der Waals surface area contributed by atoms with Crippen molar-refractivity contribution in [2.45, 2.75) is 33.1 Å². The van der Waals surface area contributed by atoms with Crippen LogP contribution in [0.2, 0.25) is 0 Å². The molecule has 116 valence electrons. The van der Waals surface area contributed by atoms with Gasteiger partial charge in [0.25, 0.3) is 0 Å². The summed E-state index contributed by atoms with van der Waals surface area (Å²) in [6.07, 6.45) is 5.83. The van der Waals surface area contributed by atoms with E-state index in [1.807, 2.05) is 36.0 Å². The van der Waals surface area contributed by atoms with E-state index in [0.717, 1.165) is 34.1 Å². The van der Waals surface area contributed by atoms with Gasteiger partial charge in [-0.15, -0.1) is 11.3 Å². The van der Waals surface area contributed by atoms with Crippen molar-refractivity contribution in [3.05, 3.63) is 40.5 Å². The second-order valence-electron chi connectivity index (χ2n) is 5.23. The van der Waals surface area contributed by atoms with E-state index in [2.05, 4.69) is 15.5 Å². The van der Waals surface area contributed by atoms with Crippen LogP contribution in [-0.4, -0.2) is 27.0 Å². The number of thiazole rings is 1. The van der Waals surface area contributed by atoms with Gasteiger partial charge in [0.1, 0.15) is 5.76 Å². The lowest BCUT2D eigenvalue weighted by molar-refractivity contribution is -0.121. The first kappa shape index (κ1) is 14.8. The summed E-state index contributed by atoms with van der Waals surface area (Å²) in [7, 11) is 0. The van der Waals surface area contributed by atoms with Gasteiger partial charge in [-0.1, -0.05) is 5.16 Å². The van der Waals surface area contributed by atoms with Crippen molar-refractivity contribution in [2.24, 2.45) is 0 Å². The van der Waals surface area contributed by atoms with Gasteiger partial charge < -0.3 is 9.84 Å². The van der Waals surface area contributed by atoms with E-state index >= 15 is 0 Å². The number of hydrogen-bond acceptors (Lipinski definition) is 5. The molecule has 0 aliphatic rings. The molecule has 0 unspecified atom stereocenters. The molecule has 3 aromatic rings. The highest BCUT2D eigenvalue weighted by molar-refractivity contribution is 7.15.